The van der Waals surface area contributed by atoms with E-state index in [1.165, 1.54) is 0 Å². The van der Waals surface area contributed by atoms with Crippen LogP contribution in [0.5, 0.6) is 11.5 Å². The van der Waals surface area contributed by atoms with Crippen molar-refractivity contribution in [3.8, 4) is 11.5 Å². The summed E-state index contributed by atoms with van der Waals surface area (Å²) < 4.78 is 11.3. The standard InChI is InChI=1S/C13H11O2.Al.2H/c1-3-7-12(8-4-1)14-11-15-13-9-5-2-6-10-13;;;/h1-11H;;;. The van der Waals surface area contributed by atoms with E-state index in [1.54, 1.807) is 0 Å². The van der Waals surface area contributed by atoms with Crippen LogP contribution in [-0.2, 0) is 0 Å². The van der Waals surface area contributed by atoms with E-state index >= 15 is 0 Å². The van der Waals surface area contributed by atoms with Crippen molar-refractivity contribution in [1.29, 1.82) is 0 Å². The molecule has 2 aromatic carbocycles. The van der Waals surface area contributed by atoms with Crippen molar-refractivity contribution in [2.75, 3.05) is 0 Å². The van der Waals surface area contributed by atoms with Gasteiger partial charge in [0.15, 0.2) is 5.15 Å². The maximum absolute atomic E-state index is 5.66. The van der Waals surface area contributed by atoms with Crippen LogP contribution >= 0.6 is 0 Å². The van der Waals surface area contributed by atoms with Gasteiger partial charge in [-0.05, 0) is 24.3 Å². The van der Waals surface area contributed by atoms with Crippen molar-refractivity contribution < 1.29 is 9.47 Å². The molecule has 80 valence electrons. The number of rotatable bonds is 4. The van der Waals surface area contributed by atoms with Crippen LogP contribution in [0.2, 0.25) is 0 Å². The first-order valence-corrected chi connectivity index (χ1v) is 6.43. The molecular formula is C13H13AlO2. The van der Waals surface area contributed by atoms with Crippen LogP contribution < -0.4 is 9.47 Å². The summed E-state index contributed by atoms with van der Waals surface area (Å²) in [5, 5.41) is -0.162. The average molecular weight is 228 g/mol. The van der Waals surface area contributed by atoms with Gasteiger partial charge in [-0.15, -0.1) is 0 Å². The third kappa shape index (κ3) is 3.30. The minimum atomic E-state index is -0.162. The molecule has 16 heavy (non-hydrogen) atoms. The van der Waals surface area contributed by atoms with Gasteiger partial charge in [-0.25, -0.2) is 0 Å². The van der Waals surface area contributed by atoms with Gasteiger partial charge in [0.25, 0.3) is 0 Å². The lowest BCUT2D eigenvalue weighted by Crippen LogP contribution is -2.23. The lowest BCUT2D eigenvalue weighted by Gasteiger charge is -2.17. The molecule has 0 heterocycles. The van der Waals surface area contributed by atoms with E-state index in [0.29, 0.717) is 0 Å². The van der Waals surface area contributed by atoms with Gasteiger partial charge in [-0.2, -0.15) is 0 Å². The van der Waals surface area contributed by atoms with Crippen molar-refractivity contribution in [2.24, 2.45) is 0 Å². The summed E-state index contributed by atoms with van der Waals surface area (Å²) in [6.07, 6.45) is 0. The molecule has 0 spiro atoms. The summed E-state index contributed by atoms with van der Waals surface area (Å²) in [4.78, 5) is 0. The third-order valence-electron chi connectivity index (χ3n) is 2.09. The summed E-state index contributed by atoms with van der Waals surface area (Å²) in [6.45, 7) is 0. The second kappa shape index (κ2) is 5.60. The van der Waals surface area contributed by atoms with Crippen LogP contribution in [0.25, 0.3) is 0 Å². The Hall–Kier alpha value is -1.43. The van der Waals surface area contributed by atoms with Crippen LogP contribution in [0.3, 0.4) is 0 Å². The molecule has 0 bridgehead atoms. The molecule has 0 fully saturated rings. The SMILES string of the molecule is [AlH2][CH](Oc1ccccc1)Oc1ccccc1. The van der Waals surface area contributed by atoms with E-state index < -0.39 is 0 Å². The molecule has 0 saturated heterocycles. The molecule has 0 aliphatic carbocycles. The molecule has 0 unspecified atom stereocenters. The Morgan fingerprint density at radius 2 is 1.06 bits per heavy atom. The van der Waals surface area contributed by atoms with Crippen LogP contribution in [0.1, 0.15) is 0 Å². The Morgan fingerprint density at radius 1 is 0.688 bits per heavy atom. The maximum Gasteiger partial charge on any atom is 0.344 e. The first-order chi connectivity index (χ1) is 7.84. The van der Waals surface area contributed by atoms with E-state index in [1.807, 2.05) is 60.7 Å². The number of hydrogen-bond acceptors (Lipinski definition) is 2. The molecule has 0 atom stereocenters. The van der Waals surface area contributed by atoms with Gasteiger partial charge >= 0.3 is 16.3 Å². The van der Waals surface area contributed by atoms with Crippen molar-refractivity contribution in [2.45, 2.75) is 5.15 Å². The summed E-state index contributed by atoms with van der Waals surface area (Å²) in [6, 6.07) is 19.5. The molecule has 0 aromatic heterocycles. The third-order valence-corrected chi connectivity index (χ3v) is 2.56. The highest BCUT2D eigenvalue weighted by atomic mass is 27.0. The van der Waals surface area contributed by atoms with Crippen LogP contribution in [0.4, 0.5) is 0 Å². The summed E-state index contributed by atoms with van der Waals surface area (Å²) in [5.74, 6) is 1.69. The predicted octanol–water partition coefficient (Wildman–Crippen LogP) is 2.06. The molecular weight excluding hydrogens is 215 g/mol. The second-order valence-corrected chi connectivity index (χ2v) is 4.37. The summed E-state index contributed by atoms with van der Waals surface area (Å²) in [5.41, 5.74) is 0. The predicted molar refractivity (Wildman–Crippen MR) is 66.5 cm³/mol. The Kier molecular flexibility index (Phi) is 3.87. The van der Waals surface area contributed by atoms with Crippen molar-refractivity contribution >= 4 is 16.3 Å². The molecule has 0 radical (unpaired) electrons. The van der Waals surface area contributed by atoms with E-state index in [9.17, 15) is 0 Å². The minimum absolute atomic E-state index is 0.162. The molecule has 2 rings (SSSR count). The molecule has 2 aromatic rings. The first-order valence-electron chi connectivity index (χ1n) is 5.28. The molecule has 0 aliphatic rings. The molecule has 2 nitrogen and oxygen atoms in total. The Labute approximate surface area is 103 Å². The monoisotopic (exact) mass is 228 g/mol. The molecule has 0 aliphatic heterocycles. The highest BCUT2D eigenvalue weighted by Gasteiger charge is 2.04. The first kappa shape index (κ1) is 11.1. The number of para-hydroxylation sites is 2. The van der Waals surface area contributed by atoms with E-state index in [-0.39, 0.29) is 5.15 Å². The maximum atomic E-state index is 5.66. The molecule has 0 saturated carbocycles. The van der Waals surface area contributed by atoms with Gasteiger partial charge in [0.2, 0.25) is 0 Å². The number of hydrogen-bond donors (Lipinski definition) is 0. The molecule has 0 amide bonds. The van der Waals surface area contributed by atoms with E-state index in [4.69, 9.17) is 9.47 Å². The van der Waals surface area contributed by atoms with Crippen molar-refractivity contribution in [1.82, 2.24) is 0 Å². The highest BCUT2D eigenvalue weighted by molar-refractivity contribution is 6.10. The smallest absolute Gasteiger partial charge is 0.344 e. The normalized spacial score (nSPS) is 10.1. The minimum Gasteiger partial charge on any atom is -0.472 e. The van der Waals surface area contributed by atoms with Crippen LogP contribution in [0, 0.1) is 0 Å². The topological polar surface area (TPSA) is 18.5 Å². The van der Waals surface area contributed by atoms with Gasteiger partial charge in [0.05, 0.1) is 0 Å². The van der Waals surface area contributed by atoms with Gasteiger partial charge < -0.3 is 9.47 Å². The Morgan fingerprint density at radius 3 is 1.44 bits per heavy atom. The van der Waals surface area contributed by atoms with Gasteiger partial charge in [-0.1, -0.05) is 36.4 Å². The zero-order valence-corrected chi connectivity index (χ0v) is 11.2. The zero-order valence-electron chi connectivity index (χ0n) is 9.17. The average Bonchev–Trinajstić information content (AvgIpc) is 2.31. The highest BCUT2D eigenvalue weighted by Crippen LogP contribution is 2.14. The van der Waals surface area contributed by atoms with Crippen molar-refractivity contribution in [3.05, 3.63) is 60.7 Å². The van der Waals surface area contributed by atoms with Crippen molar-refractivity contribution in [3.63, 3.8) is 0 Å². The number of ether oxygens (including phenoxy) is 2. The largest absolute Gasteiger partial charge is 0.472 e. The fourth-order valence-corrected chi connectivity index (χ4v) is 1.95. The fourth-order valence-electron chi connectivity index (χ4n) is 1.41. The van der Waals surface area contributed by atoms with Gasteiger partial charge in [0, 0.05) is 0 Å². The van der Waals surface area contributed by atoms with Crippen LogP contribution in [-0.4, -0.2) is 21.4 Å². The quantitative estimate of drug-likeness (QED) is 0.589. The fraction of sp³-hybridized carbons (Fsp3) is 0.0769. The van der Waals surface area contributed by atoms with Crippen LogP contribution in [0.15, 0.2) is 60.7 Å². The van der Waals surface area contributed by atoms with Gasteiger partial charge in [-0.3, -0.25) is 0 Å². The molecule has 3 heteroatoms. The Bertz CT molecular complexity index is 375. The zero-order chi connectivity index (χ0) is 11.2. The summed E-state index contributed by atoms with van der Waals surface area (Å²) >= 11 is 0.814. The second-order valence-electron chi connectivity index (χ2n) is 3.43. The van der Waals surface area contributed by atoms with E-state index in [2.05, 4.69) is 0 Å². The Balaban J connectivity index is 1.92. The van der Waals surface area contributed by atoms with Gasteiger partial charge in [0.1, 0.15) is 11.5 Å². The lowest BCUT2D eigenvalue weighted by molar-refractivity contribution is 0.0768. The number of benzene rings is 2. The summed E-state index contributed by atoms with van der Waals surface area (Å²) in [7, 11) is 0. The lowest BCUT2D eigenvalue weighted by atomic mass is 10.3. The van der Waals surface area contributed by atoms with E-state index in [0.717, 1.165) is 27.8 Å². The molecule has 0 N–H and O–H groups in total.